The molecule has 94 valence electrons. The Labute approximate surface area is 108 Å². The minimum atomic E-state index is -0.253. The fourth-order valence-electron chi connectivity index (χ4n) is 1.31. The zero-order valence-corrected chi connectivity index (χ0v) is 11.0. The van der Waals surface area contributed by atoms with Gasteiger partial charge in [0, 0.05) is 29.0 Å². The first-order valence-electron chi connectivity index (χ1n) is 5.16. The van der Waals surface area contributed by atoms with Gasteiger partial charge in [0.05, 0.1) is 0 Å². The normalized spacial score (nSPS) is 13.7. The number of amidine groups is 1. The minimum absolute atomic E-state index is 0.102. The molecule has 0 bridgehead atoms. The molecule has 1 aromatic carbocycles. The van der Waals surface area contributed by atoms with E-state index in [0.29, 0.717) is 18.7 Å². The van der Waals surface area contributed by atoms with Crippen LogP contribution in [0.1, 0.15) is 12.5 Å². The summed E-state index contributed by atoms with van der Waals surface area (Å²) in [6.45, 7) is 2.73. The molecule has 0 spiro atoms. The monoisotopic (exact) mass is 303 g/mol. The largest absolute Gasteiger partial charge is 0.409 e. The molecule has 0 saturated heterocycles. The zero-order chi connectivity index (χ0) is 12.8. The van der Waals surface area contributed by atoms with Crippen LogP contribution in [0.25, 0.3) is 0 Å². The van der Waals surface area contributed by atoms with Crippen molar-refractivity contribution in [3.05, 3.63) is 34.1 Å². The zero-order valence-electron chi connectivity index (χ0n) is 9.45. The highest BCUT2D eigenvalue weighted by atomic mass is 79.9. The summed E-state index contributed by atoms with van der Waals surface area (Å²) in [7, 11) is 0. The third kappa shape index (κ3) is 4.32. The molecule has 0 aliphatic rings. The highest BCUT2D eigenvalue weighted by Gasteiger charge is 2.08. The van der Waals surface area contributed by atoms with Crippen LogP contribution in [0, 0.1) is 11.7 Å². The standard InChI is InChI=1S/C11H15BrFN3O/c1-7(11(14)16-17)5-15-6-8-4-9(12)2-3-10(8)13/h2-4,7,15,17H,5-6H2,1H3,(H2,14,16). The maximum absolute atomic E-state index is 13.4. The average molecular weight is 304 g/mol. The van der Waals surface area contributed by atoms with Crippen LogP contribution in [0.2, 0.25) is 0 Å². The quantitative estimate of drug-likeness (QED) is 0.337. The van der Waals surface area contributed by atoms with E-state index in [9.17, 15) is 4.39 Å². The van der Waals surface area contributed by atoms with E-state index in [1.54, 1.807) is 12.1 Å². The van der Waals surface area contributed by atoms with Crippen LogP contribution in [0.3, 0.4) is 0 Å². The summed E-state index contributed by atoms with van der Waals surface area (Å²) in [6.07, 6.45) is 0. The van der Waals surface area contributed by atoms with E-state index in [1.165, 1.54) is 6.07 Å². The lowest BCUT2D eigenvalue weighted by Gasteiger charge is -2.11. The molecule has 4 nitrogen and oxygen atoms in total. The Morgan fingerprint density at radius 2 is 2.35 bits per heavy atom. The molecule has 0 aliphatic carbocycles. The third-order valence-electron chi connectivity index (χ3n) is 2.39. The first kappa shape index (κ1) is 13.9. The maximum atomic E-state index is 13.4. The molecule has 1 aromatic rings. The fourth-order valence-corrected chi connectivity index (χ4v) is 1.71. The molecule has 0 aromatic heterocycles. The van der Waals surface area contributed by atoms with Crippen molar-refractivity contribution >= 4 is 21.8 Å². The topological polar surface area (TPSA) is 70.6 Å². The Morgan fingerprint density at radius 3 is 3.00 bits per heavy atom. The second kappa shape index (κ2) is 6.56. The van der Waals surface area contributed by atoms with Crippen molar-refractivity contribution in [1.82, 2.24) is 5.32 Å². The third-order valence-corrected chi connectivity index (χ3v) is 2.89. The van der Waals surface area contributed by atoms with Crippen LogP contribution in [0.5, 0.6) is 0 Å². The van der Waals surface area contributed by atoms with Crippen LogP contribution in [0.15, 0.2) is 27.8 Å². The lowest BCUT2D eigenvalue weighted by atomic mass is 10.1. The highest BCUT2D eigenvalue weighted by Crippen LogP contribution is 2.15. The molecule has 1 unspecified atom stereocenters. The number of oxime groups is 1. The number of nitrogens with zero attached hydrogens (tertiary/aromatic N) is 1. The van der Waals surface area contributed by atoms with E-state index >= 15 is 0 Å². The van der Waals surface area contributed by atoms with E-state index < -0.39 is 0 Å². The number of halogens is 2. The van der Waals surface area contributed by atoms with Crippen molar-refractivity contribution in [2.45, 2.75) is 13.5 Å². The molecule has 6 heteroatoms. The Bertz CT molecular complexity index is 412. The summed E-state index contributed by atoms with van der Waals surface area (Å²) < 4.78 is 14.2. The fraction of sp³-hybridized carbons (Fsp3) is 0.364. The van der Waals surface area contributed by atoms with Crippen molar-refractivity contribution in [2.75, 3.05) is 6.54 Å². The molecule has 0 radical (unpaired) electrons. The number of hydrogen-bond acceptors (Lipinski definition) is 3. The summed E-state index contributed by atoms with van der Waals surface area (Å²) in [5, 5.41) is 14.4. The SMILES string of the molecule is CC(CNCc1cc(Br)ccc1F)/C(N)=N/O. The summed E-state index contributed by atoms with van der Waals surface area (Å²) in [6, 6.07) is 4.78. The van der Waals surface area contributed by atoms with Crippen LogP contribution < -0.4 is 11.1 Å². The number of nitrogens with two attached hydrogens (primary N) is 1. The van der Waals surface area contributed by atoms with Gasteiger partial charge in [-0.2, -0.15) is 0 Å². The summed E-state index contributed by atoms with van der Waals surface area (Å²) >= 11 is 3.28. The van der Waals surface area contributed by atoms with E-state index in [4.69, 9.17) is 10.9 Å². The Morgan fingerprint density at radius 1 is 1.65 bits per heavy atom. The minimum Gasteiger partial charge on any atom is -0.409 e. The van der Waals surface area contributed by atoms with Gasteiger partial charge in [0.2, 0.25) is 0 Å². The number of benzene rings is 1. The van der Waals surface area contributed by atoms with Gasteiger partial charge in [-0.25, -0.2) is 4.39 Å². The smallest absolute Gasteiger partial charge is 0.143 e. The summed E-state index contributed by atoms with van der Waals surface area (Å²) in [5.74, 6) is -0.195. The predicted molar refractivity (Wildman–Crippen MR) is 68.4 cm³/mol. The Kier molecular flexibility index (Phi) is 5.37. The van der Waals surface area contributed by atoms with Gasteiger partial charge < -0.3 is 16.3 Å². The summed E-state index contributed by atoms with van der Waals surface area (Å²) in [5.41, 5.74) is 6.00. The molecule has 0 fully saturated rings. The van der Waals surface area contributed by atoms with E-state index in [2.05, 4.69) is 26.4 Å². The van der Waals surface area contributed by atoms with Gasteiger partial charge in [-0.05, 0) is 18.2 Å². The molecule has 0 amide bonds. The van der Waals surface area contributed by atoms with Crippen molar-refractivity contribution in [1.29, 1.82) is 0 Å². The number of rotatable bonds is 5. The first-order chi connectivity index (χ1) is 8.04. The van der Waals surface area contributed by atoms with Gasteiger partial charge in [-0.15, -0.1) is 0 Å². The van der Waals surface area contributed by atoms with Gasteiger partial charge in [-0.3, -0.25) is 0 Å². The molecular formula is C11H15BrFN3O. The molecule has 0 aliphatic heterocycles. The van der Waals surface area contributed by atoms with Gasteiger partial charge in [0.25, 0.3) is 0 Å². The van der Waals surface area contributed by atoms with Crippen molar-refractivity contribution in [3.63, 3.8) is 0 Å². The van der Waals surface area contributed by atoms with Crippen LogP contribution >= 0.6 is 15.9 Å². The van der Waals surface area contributed by atoms with Crippen LogP contribution in [-0.2, 0) is 6.54 Å². The van der Waals surface area contributed by atoms with Gasteiger partial charge in [-0.1, -0.05) is 28.0 Å². The van der Waals surface area contributed by atoms with Crippen molar-refractivity contribution in [3.8, 4) is 0 Å². The molecule has 4 N–H and O–H groups in total. The lowest BCUT2D eigenvalue weighted by molar-refractivity contribution is 0.314. The van der Waals surface area contributed by atoms with Crippen LogP contribution in [0.4, 0.5) is 4.39 Å². The molecule has 0 heterocycles. The van der Waals surface area contributed by atoms with Gasteiger partial charge >= 0.3 is 0 Å². The second-order valence-electron chi connectivity index (χ2n) is 3.79. The highest BCUT2D eigenvalue weighted by molar-refractivity contribution is 9.10. The summed E-state index contributed by atoms with van der Waals surface area (Å²) in [4.78, 5) is 0. The van der Waals surface area contributed by atoms with E-state index in [0.717, 1.165) is 4.47 Å². The van der Waals surface area contributed by atoms with E-state index in [1.807, 2.05) is 6.92 Å². The van der Waals surface area contributed by atoms with E-state index in [-0.39, 0.29) is 17.6 Å². The molecule has 0 saturated carbocycles. The molecule has 1 rings (SSSR count). The van der Waals surface area contributed by atoms with Gasteiger partial charge in [0.1, 0.15) is 11.7 Å². The first-order valence-corrected chi connectivity index (χ1v) is 5.96. The molecule has 1 atom stereocenters. The predicted octanol–water partition coefficient (Wildman–Crippen LogP) is 2.06. The lowest BCUT2D eigenvalue weighted by Crippen LogP contribution is -2.31. The average Bonchev–Trinajstić information content (AvgIpc) is 2.32. The molecular weight excluding hydrogens is 289 g/mol. The Hall–Kier alpha value is -1.14. The maximum Gasteiger partial charge on any atom is 0.143 e. The number of hydrogen-bond donors (Lipinski definition) is 3. The molecule has 17 heavy (non-hydrogen) atoms. The van der Waals surface area contributed by atoms with Crippen molar-refractivity contribution < 1.29 is 9.60 Å². The van der Waals surface area contributed by atoms with Crippen LogP contribution in [-0.4, -0.2) is 17.6 Å². The second-order valence-corrected chi connectivity index (χ2v) is 4.71. The van der Waals surface area contributed by atoms with Crippen molar-refractivity contribution in [2.24, 2.45) is 16.8 Å². The van der Waals surface area contributed by atoms with Gasteiger partial charge in [0.15, 0.2) is 0 Å². The Balaban J connectivity index is 2.48. The number of nitrogens with one attached hydrogen (secondary N) is 1.